The summed E-state index contributed by atoms with van der Waals surface area (Å²) in [6.45, 7) is 9.42. The Balaban J connectivity index is 1.88. The molecule has 1 aromatic rings. The van der Waals surface area contributed by atoms with Crippen molar-refractivity contribution in [1.82, 2.24) is 15.3 Å². The van der Waals surface area contributed by atoms with Crippen LogP contribution in [0.5, 0.6) is 5.88 Å². The fraction of sp³-hybridized carbons (Fsp3) is 0.750. The van der Waals surface area contributed by atoms with Crippen molar-refractivity contribution in [1.29, 1.82) is 0 Å². The Labute approximate surface area is 122 Å². The fourth-order valence-corrected chi connectivity index (χ4v) is 2.46. The summed E-state index contributed by atoms with van der Waals surface area (Å²) in [6.07, 6.45) is 8.83. The number of hydrogen-bond donors (Lipinski definition) is 1. The first kappa shape index (κ1) is 15.2. The summed E-state index contributed by atoms with van der Waals surface area (Å²) in [5, 5.41) is 3.40. The lowest BCUT2D eigenvalue weighted by Crippen LogP contribution is -2.35. The summed E-state index contributed by atoms with van der Waals surface area (Å²) in [4.78, 5) is 8.81. The van der Waals surface area contributed by atoms with Crippen LogP contribution in [0.1, 0.15) is 59.1 Å². The summed E-state index contributed by atoms with van der Waals surface area (Å²) in [7, 11) is 0. The van der Waals surface area contributed by atoms with Crippen LogP contribution < -0.4 is 10.1 Å². The Hall–Kier alpha value is -1.16. The lowest BCUT2D eigenvalue weighted by molar-refractivity contribution is 0.0970. The van der Waals surface area contributed by atoms with Gasteiger partial charge in [0.1, 0.15) is 6.10 Å². The van der Waals surface area contributed by atoms with Gasteiger partial charge in [0.15, 0.2) is 0 Å². The van der Waals surface area contributed by atoms with Gasteiger partial charge in [-0.2, -0.15) is 0 Å². The van der Waals surface area contributed by atoms with E-state index < -0.39 is 0 Å². The van der Waals surface area contributed by atoms with E-state index in [4.69, 9.17) is 4.74 Å². The van der Waals surface area contributed by atoms with Crippen LogP contribution >= 0.6 is 0 Å². The van der Waals surface area contributed by atoms with Crippen LogP contribution in [0.3, 0.4) is 0 Å². The zero-order valence-corrected chi connectivity index (χ0v) is 13.1. The molecule has 1 aliphatic carbocycles. The number of ether oxygens (including phenoxy) is 1. The molecule has 1 saturated carbocycles. The molecular weight excluding hydrogens is 250 g/mol. The molecule has 2 rings (SSSR count). The third-order valence-electron chi connectivity index (χ3n) is 3.79. The minimum absolute atomic E-state index is 0.0916. The molecule has 1 N–H and O–H groups in total. The maximum atomic E-state index is 5.97. The molecule has 0 aromatic carbocycles. The Morgan fingerprint density at radius 1 is 1.20 bits per heavy atom. The Bertz CT molecular complexity index is 411. The van der Waals surface area contributed by atoms with Gasteiger partial charge < -0.3 is 10.1 Å². The van der Waals surface area contributed by atoms with Gasteiger partial charge in [-0.1, -0.05) is 13.3 Å². The van der Waals surface area contributed by atoms with Crippen LogP contribution in [-0.2, 0) is 6.54 Å². The van der Waals surface area contributed by atoms with Gasteiger partial charge in [-0.15, -0.1) is 0 Å². The minimum Gasteiger partial charge on any atom is -0.473 e. The highest BCUT2D eigenvalue weighted by atomic mass is 16.5. The second-order valence-corrected chi connectivity index (χ2v) is 6.87. The van der Waals surface area contributed by atoms with Gasteiger partial charge in [-0.25, -0.2) is 4.98 Å². The summed E-state index contributed by atoms with van der Waals surface area (Å²) in [5.74, 6) is 1.27. The zero-order chi connectivity index (χ0) is 14.6. The zero-order valence-electron chi connectivity index (χ0n) is 13.1. The molecule has 0 bridgehead atoms. The normalized spacial score (nSPS) is 23.6. The predicted octanol–water partition coefficient (Wildman–Crippen LogP) is 3.32. The van der Waals surface area contributed by atoms with E-state index in [0.717, 1.165) is 18.7 Å². The van der Waals surface area contributed by atoms with Gasteiger partial charge in [0.05, 0.1) is 18.1 Å². The first-order valence-corrected chi connectivity index (χ1v) is 7.67. The number of rotatable bonds is 4. The third kappa shape index (κ3) is 4.75. The Morgan fingerprint density at radius 3 is 2.55 bits per heavy atom. The van der Waals surface area contributed by atoms with Crippen molar-refractivity contribution < 1.29 is 4.74 Å². The number of hydrogen-bond acceptors (Lipinski definition) is 4. The lowest BCUT2D eigenvalue weighted by atomic mass is 9.88. The summed E-state index contributed by atoms with van der Waals surface area (Å²) in [5.41, 5.74) is 1.04. The Morgan fingerprint density at radius 2 is 1.95 bits per heavy atom. The quantitative estimate of drug-likeness (QED) is 0.917. The van der Waals surface area contributed by atoms with Crippen molar-refractivity contribution in [2.75, 3.05) is 0 Å². The van der Waals surface area contributed by atoms with Gasteiger partial charge in [-0.3, -0.25) is 4.98 Å². The van der Waals surface area contributed by atoms with E-state index in [1.54, 1.807) is 6.20 Å². The van der Waals surface area contributed by atoms with Crippen LogP contribution in [0.15, 0.2) is 12.4 Å². The van der Waals surface area contributed by atoms with Crippen LogP contribution in [0.25, 0.3) is 0 Å². The average Bonchev–Trinajstić information content (AvgIpc) is 2.40. The molecule has 1 heterocycles. The van der Waals surface area contributed by atoms with E-state index in [1.165, 1.54) is 19.3 Å². The molecule has 4 nitrogen and oxygen atoms in total. The van der Waals surface area contributed by atoms with Gasteiger partial charge >= 0.3 is 0 Å². The van der Waals surface area contributed by atoms with Crippen molar-refractivity contribution in [3.63, 3.8) is 0 Å². The van der Waals surface area contributed by atoms with Crippen LogP contribution in [0.2, 0.25) is 0 Å². The van der Waals surface area contributed by atoms with E-state index in [9.17, 15) is 0 Å². The predicted molar refractivity (Wildman–Crippen MR) is 80.7 cm³/mol. The second-order valence-electron chi connectivity index (χ2n) is 6.87. The SMILES string of the molecule is CC1CCCCC1Oc1cnc(CNC(C)(C)C)cn1. The van der Waals surface area contributed by atoms with Crippen LogP contribution in [0, 0.1) is 5.92 Å². The smallest absolute Gasteiger partial charge is 0.232 e. The topological polar surface area (TPSA) is 47.0 Å². The maximum absolute atomic E-state index is 5.97. The average molecular weight is 277 g/mol. The van der Waals surface area contributed by atoms with Gasteiger partial charge in [0.2, 0.25) is 5.88 Å². The van der Waals surface area contributed by atoms with Crippen molar-refractivity contribution in [2.24, 2.45) is 5.92 Å². The van der Waals surface area contributed by atoms with Crippen LogP contribution in [0.4, 0.5) is 0 Å². The summed E-state index contributed by atoms with van der Waals surface area (Å²) in [6, 6.07) is 0. The highest BCUT2D eigenvalue weighted by molar-refractivity contribution is 5.08. The van der Waals surface area contributed by atoms with Gasteiger partial charge in [0.25, 0.3) is 0 Å². The van der Waals surface area contributed by atoms with Gasteiger partial charge in [0, 0.05) is 12.1 Å². The van der Waals surface area contributed by atoms with Crippen molar-refractivity contribution in [2.45, 2.75) is 71.6 Å². The number of nitrogens with one attached hydrogen (secondary N) is 1. The molecule has 0 radical (unpaired) electrons. The molecule has 0 amide bonds. The molecule has 1 fully saturated rings. The molecule has 2 unspecified atom stereocenters. The minimum atomic E-state index is 0.0916. The molecule has 2 atom stereocenters. The maximum Gasteiger partial charge on any atom is 0.232 e. The second kappa shape index (κ2) is 6.53. The molecule has 1 aliphatic rings. The van der Waals surface area contributed by atoms with Gasteiger partial charge in [-0.05, 0) is 46.0 Å². The standard InChI is InChI=1S/C16H27N3O/c1-12-7-5-6-8-14(12)20-15-11-17-13(9-18-15)10-19-16(2,3)4/h9,11-12,14,19H,5-8,10H2,1-4H3. The van der Waals surface area contributed by atoms with E-state index >= 15 is 0 Å². The molecule has 1 aromatic heterocycles. The molecule has 0 saturated heterocycles. The van der Waals surface area contributed by atoms with Crippen molar-refractivity contribution in [3.05, 3.63) is 18.1 Å². The molecule has 112 valence electrons. The summed E-state index contributed by atoms with van der Waals surface area (Å²) >= 11 is 0. The molecule has 0 aliphatic heterocycles. The molecule has 4 heteroatoms. The van der Waals surface area contributed by atoms with Crippen molar-refractivity contribution in [3.8, 4) is 5.88 Å². The van der Waals surface area contributed by atoms with E-state index in [2.05, 4.69) is 43.0 Å². The fourth-order valence-electron chi connectivity index (χ4n) is 2.46. The van der Waals surface area contributed by atoms with Crippen molar-refractivity contribution >= 4 is 0 Å². The Kier molecular flexibility index (Phi) is 4.97. The summed E-state index contributed by atoms with van der Waals surface area (Å²) < 4.78 is 5.97. The molecule has 0 spiro atoms. The highest BCUT2D eigenvalue weighted by Gasteiger charge is 2.23. The molecular formula is C16H27N3O. The first-order valence-electron chi connectivity index (χ1n) is 7.67. The van der Waals surface area contributed by atoms with E-state index in [0.29, 0.717) is 17.9 Å². The van der Waals surface area contributed by atoms with E-state index in [-0.39, 0.29) is 5.54 Å². The monoisotopic (exact) mass is 277 g/mol. The highest BCUT2D eigenvalue weighted by Crippen LogP contribution is 2.27. The van der Waals surface area contributed by atoms with E-state index in [1.807, 2.05) is 6.20 Å². The first-order chi connectivity index (χ1) is 9.44. The molecule has 20 heavy (non-hydrogen) atoms. The largest absolute Gasteiger partial charge is 0.473 e. The van der Waals surface area contributed by atoms with Crippen LogP contribution in [-0.4, -0.2) is 21.6 Å². The number of aromatic nitrogens is 2. The number of nitrogens with zero attached hydrogens (tertiary/aromatic N) is 2. The lowest BCUT2D eigenvalue weighted by Gasteiger charge is -2.28. The third-order valence-corrected chi connectivity index (χ3v) is 3.79.